The Bertz CT molecular complexity index is 414. The maximum atomic E-state index is 11.2. The Morgan fingerprint density at radius 2 is 2.28 bits per heavy atom. The van der Waals surface area contributed by atoms with E-state index in [9.17, 15) is 4.79 Å². The predicted molar refractivity (Wildman–Crippen MR) is 68.1 cm³/mol. The summed E-state index contributed by atoms with van der Waals surface area (Å²) in [6.45, 7) is 4.36. The van der Waals surface area contributed by atoms with Crippen molar-refractivity contribution < 1.29 is 14.6 Å². The maximum Gasteiger partial charge on any atom is 0.337 e. The second kappa shape index (κ2) is 5.82. The molecule has 0 unspecified atom stereocenters. The molecule has 1 N–H and O–H groups in total. The van der Waals surface area contributed by atoms with Gasteiger partial charge >= 0.3 is 5.97 Å². The summed E-state index contributed by atoms with van der Waals surface area (Å²) in [6.07, 6.45) is 5.31. The molecular formula is C13H18N2O3. The van der Waals surface area contributed by atoms with Gasteiger partial charge in [0.25, 0.3) is 0 Å². The van der Waals surface area contributed by atoms with Crippen molar-refractivity contribution in [1.82, 2.24) is 4.98 Å². The third-order valence-electron chi connectivity index (χ3n) is 3.22. The molecule has 0 aromatic carbocycles. The van der Waals surface area contributed by atoms with Gasteiger partial charge in [0.05, 0.1) is 23.6 Å². The average Bonchev–Trinajstić information content (AvgIpc) is 2.40. The Hall–Kier alpha value is -1.62. The van der Waals surface area contributed by atoms with Gasteiger partial charge < -0.3 is 14.7 Å². The molecular weight excluding hydrogens is 232 g/mol. The van der Waals surface area contributed by atoms with Crippen LogP contribution in [0.15, 0.2) is 18.5 Å². The topological polar surface area (TPSA) is 62.7 Å². The zero-order chi connectivity index (χ0) is 13.0. The molecule has 1 aliphatic rings. The highest BCUT2D eigenvalue weighted by atomic mass is 16.5. The fourth-order valence-corrected chi connectivity index (χ4v) is 2.32. The molecule has 2 rings (SSSR count). The van der Waals surface area contributed by atoms with Gasteiger partial charge in [-0.05, 0) is 25.8 Å². The highest BCUT2D eigenvalue weighted by Gasteiger charge is 2.22. The summed E-state index contributed by atoms with van der Waals surface area (Å²) in [5.41, 5.74) is 1.03. The normalized spacial score (nSPS) is 16.8. The van der Waals surface area contributed by atoms with Crippen LogP contribution in [0.1, 0.15) is 30.1 Å². The fourth-order valence-electron chi connectivity index (χ4n) is 2.32. The number of hydrogen-bond donors (Lipinski definition) is 1. The Morgan fingerprint density at radius 3 is 2.89 bits per heavy atom. The second-order valence-corrected chi connectivity index (χ2v) is 4.34. The van der Waals surface area contributed by atoms with Crippen LogP contribution >= 0.6 is 0 Å². The summed E-state index contributed by atoms with van der Waals surface area (Å²) >= 11 is 0. The first-order valence-corrected chi connectivity index (χ1v) is 6.26. The molecule has 0 saturated carbocycles. The molecule has 5 heteroatoms. The molecule has 1 saturated heterocycles. The largest absolute Gasteiger partial charge is 0.478 e. The van der Waals surface area contributed by atoms with Crippen LogP contribution in [0.2, 0.25) is 0 Å². The van der Waals surface area contributed by atoms with E-state index in [0.717, 1.165) is 32.5 Å². The minimum atomic E-state index is -0.903. The molecule has 1 aromatic rings. The molecule has 5 nitrogen and oxygen atoms in total. The van der Waals surface area contributed by atoms with Gasteiger partial charge in [-0.1, -0.05) is 0 Å². The number of aromatic nitrogens is 1. The summed E-state index contributed by atoms with van der Waals surface area (Å²) < 4.78 is 5.59. The molecule has 1 aliphatic heterocycles. The molecule has 1 fully saturated rings. The molecule has 0 radical (unpaired) electrons. The minimum absolute atomic E-state index is 0.302. The van der Waals surface area contributed by atoms with Gasteiger partial charge in [-0.2, -0.15) is 0 Å². The molecule has 1 aromatic heterocycles. The lowest BCUT2D eigenvalue weighted by atomic mass is 10.1. The van der Waals surface area contributed by atoms with Crippen LogP contribution in [0.5, 0.6) is 0 Å². The fraction of sp³-hybridized carbons (Fsp3) is 0.538. The highest BCUT2D eigenvalue weighted by Crippen LogP contribution is 2.24. The summed E-state index contributed by atoms with van der Waals surface area (Å²) in [7, 11) is 0. The monoisotopic (exact) mass is 250 g/mol. The predicted octanol–water partition coefficient (Wildman–Crippen LogP) is 1.79. The maximum absolute atomic E-state index is 11.2. The lowest BCUT2D eigenvalue weighted by Crippen LogP contribution is -2.37. The lowest BCUT2D eigenvalue weighted by molar-refractivity contribution is 0.0459. The van der Waals surface area contributed by atoms with Crippen LogP contribution in [0, 0.1) is 0 Å². The van der Waals surface area contributed by atoms with E-state index in [2.05, 4.69) is 9.88 Å². The van der Waals surface area contributed by atoms with Gasteiger partial charge in [0.15, 0.2) is 0 Å². The smallest absolute Gasteiger partial charge is 0.337 e. The van der Waals surface area contributed by atoms with Gasteiger partial charge in [-0.15, -0.1) is 0 Å². The minimum Gasteiger partial charge on any atom is -0.478 e. The number of carboxylic acid groups (broad SMARTS) is 1. The number of anilines is 1. The van der Waals surface area contributed by atoms with Gasteiger partial charge in [0.1, 0.15) is 0 Å². The Morgan fingerprint density at radius 1 is 1.56 bits per heavy atom. The van der Waals surface area contributed by atoms with E-state index in [0.29, 0.717) is 17.4 Å². The first-order chi connectivity index (χ1) is 8.72. The number of pyridine rings is 1. The van der Waals surface area contributed by atoms with Crippen molar-refractivity contribution in [2.75, 3.05) is 24.6 Å². The van der Waals surface area contributed by atoms with Crippen LogP contribution < -0.4 is 4.90 Å². The van der Waals surface area contributed by atoms with Gasteiger partial charge in [0, 0.05) is 25.9 Å². The van der Waals surface area contributed by atoms with Crippen LogP contribution in [-0.4, -0.2) is 41.9 Å². The molecule has 0 atom stereocenters. The van der Waals surface area contributed by atoms with E-state index in [-0.39, 0.29) is 0 Å². The number of ether oxygens (including phenoxy) is 1. The second-order valence-electron chi connectivity index (χ2n) is 4.34. The van der Waals surface area contributed by atoms with E-state index in [4.69, 9.17) is 9.84 Å². The van der Waals surface area contributed by atoms with Crippen molar-refractivity contribution in [3.05, 3.63) is 24.0 Å². The zero-order valence-corrected chi connectivity index (χ0v) is 10.5. The number of piperidine rings is 1. The number of rotatable bonds is 4. The number of carboxylic acids is 1. The zero-order valence-electron chi connectivity index (χ0n) is 10.5. The molecule has 0 spiro atoms. The molecule has 0 amide bonds. The summed E-state index contributed by atoms with van der Waals surface area (Å²) in [5, 5.41) is 9.15. The Kier molecular flexibility index (Phi) is 4.15. The van der Waals surface area contributed by atoms with Crippen LogP contribution in [0.25, 0.3) is 0 Å². The van der Waals surface area contributed by atoms with Crippen molar-refractivity contribution >= 4 is 11.7 Å². The van der Waals surface area contributed by atoms with Crippen LogP contribution in [0.3, 0.4) is 0 Å². The first kappa shape index (κ1) is 12.8. The van der Waals surface area contributed by atoms with E-state index in [1.807, 2.05) is 6.92 Å². The van der Waals surface area contributed by atoms with Crippen molar-refractivity contribution in [2.24, 2.45) is 0 Å². The van der Waals surface area contributed by atoms with Crippen molar-refractivity contribution in [2.45, 2.75) is 25.9 Å². The summed E-state index contributed by atoms with van der Waals surface area (Å²) in [6, 6.07) is 1.55. The van der Waals surface area contributed by atoms with Gasteiger partial charge in [0.2, 0.25) is 0 Å². The molecule has 0 bridgehead atoms. The highest BCUT2D eigenvalue weighted by molar-refractivity contribution is 5.94. The summed E-state index contributed by atoms with van der Waals surface area (Å²) in [4.78, 5) is 17.2. The third-order valence-corrected chi connectivity index (χ3v) is 3.22. The molecule has 0 aliphatic carbocycles. The van der Waals surface area contributed by atoms with E-state index in [1.165, 1.54) is 6.20 Å². The molecule has 2 heterocycles. The first-order valence-electron chi connectivity index (χ1n) is 6.26. The summed E-state index contributed by atoms with van der Waals surface area (Å²) in [5.74, 6) is -0.903. The number of hydrogen-bond acceptors (Lipinski definition) is 4. The molecule has 98 valence electrons. The van der Waals surface area contributed by atoms with Crippen molar-refractivity contribution in [1.29, 1.82) is 0 Å². The number of nitrogens with zero attached hydrogens (tertiary/aromatic N) is 2. The van der Waals surface area contributed by atoms with Gasteiger partial charge in [-0.25, -0.2) is 4.79 Å². The van der Waals surface area contributed by atoms with E-state index < -0.39 is 5.97 Å². The van der Waals surface area contributed by atoms with Gasteiger partial charge in [-0.3, -0.25) is 4.98 Å². The quantitative estimate of drug-likeness (QED) is 0.882. The van der Waals surface area contributed by atoms with Crippen LogP contribution in [-0.2, 0) is 4.74 Å². The molecule has 18 heavy (non-hydrogen) atoms. The van der Waals surface area contributed by atoms with E-state index >= 15 is 0 Å². The SMILES string of the molecule is CCOC1CCN(c2cnccc2C(=O)O)CC1. The van der Waals surface area contributed by atoms with Crippen LogP contribution in [0.4, 0.5) is 5.69 Å². The number of aromatic carboxylic acids is 1. The Labute approximate surface area is 106 Å². The van der Waals surface area contributed by atoms with Crippen molar-refractivity contribution in [3.63, 3.8) is 0 Å². The third kappa shape index (κ3) is 2.79. The number of carbonyl (C=O) groups is 1. The lowest BCUT2D eigenvalue weighted by Gasteiger charge is -2.33. The van der Waals surface area contributed by atoms with E-state index in [1.54, 1.807) is 12.3 Å². The van der Waals surface area contributed by atoms with Crippen molar-refractivity contribution in [3.8, 4) is 0 Å². The standard InChI is InChI=1S/C13H18N2O3/c1-2-18-10-4-7-15(8-5-10)12-9-14-6-3-11(12)13(16)17/h3,6,9-10H,2,4-5,7-8H2,1H3,(H,16,17). The Balaban J connectivity index is 2.07. The average molecular weight is 250 g/mol.